The highest BCUT2D eigenvalue weighted by atomic mass is 19.1. The van der Waals surface area contributed by atoms with Crippen LogP contribution in [0.15, 0.2) is 78.5 Å². The van der Waals surface area contributed by atoms with Crippen LogP contribution < -0.4 is 14.5 Å². The molecule has 1 unspecified atom stereocenters. The van der Waals surface area contributed by atoms with Gasteiger partial charge >= 0.3 is 0 Å². The number of aromatic nitrogens is 1. The molecule has 8 heteroatoms. The van der Waals surface area contributed by atoms with Gasteiger partial charge in [-0.3, -0.25) is 14.5 Å². The summed E-state index contributed by atoms with van der Waals surface area (Å²) in [5.41, 5.74) is 2.68. The standard InChI is InChI=1S/C28H24FN3O4/c1-31(2)17-9-11-18(12-10-17)32-25(21-15-30-22-7-5-4-6-19(21)22)24(27(34)28(32)35)26(33)20-14-16(29)8-13-23(20)36-3/h4-15,25,30,33H,1-3H3/b26-24+. The Bertz CT molecular complexity index is 1520. The largest absolute Gasteiger partial charge is 0.507 e. The Morgan fingerprint density at radius 2 is 1.78 bits per heavy atom. The van der Waals surface area contributed by atoms with E-state index in [0.717, 1.165) is 22.7 Å². The van der Waals surface area contributed by atoms with Gasteiger partial charge in [-0.1, -0.05) is 18.2 Å². The molecule has 1 atom stereocenters. The van der Waals surface area contributed by atoms with Gasteiger partial charge < -0.3 is 19.7 Å². The van der Waals surface area contributed by atoms with Gasteiger partial charge in [0.2, 0.25) is 0 Å². The molecule has 182 valence electrons. The maximum Gasteiger partial charge on any atom is 0.300 e. The fraction of sp³-hybridized carbons (Fsp3) is 0.143. The van der Waals surface area contributed by atoms with E-state index in [1.807, 2.05) is 55.4 Å². The molecule has 7 nitrogen and oxygen atoms in total. The lowest BCUT2D eigenvalue weighted by atomic mass is 9.94. The Kier molecular flexibility index (Phi) is 5.72. The number of rotatable bonds is 5. The monoisotopic (exact) mass is 485 g/mol. The number of fused-ring (bicyclic) bond motifs is 1. The van der Waals surface area contributed by atoms with Gasteiger partial charge in [0.15, 0.2) is 0 Å². The number of amides is 1. The number of nitrogens with zero attached hydrogens (tertiary/aromatic N) is 2. The van der Waals surface area contributed by atoms with Gasteiger partial charge in [0.25, 0.3) is 11.7 Å². The van der Waals surface area contributed by atoms with Crippen molar-refractivity contribution < 1.29 is 23.8 Å². The number of para-hydroxylation sites is 1. The average Bonchev–Trinajstić information content (AvgIpc) is 3.42. The van der Waals surface area contributed by atoms with Crippen molar-refractivity contribution in [3.05, 3.63) is 95.4 Å². The Morgan fingerprint density at radius 1 is 1.06 bits per heavy atom. The molecule has 4 aromatic rings. The molecule has 0 aliphatic carbocycles. The Morgan fingerprint density at radius 3 is 2.47 bits per heavy atom. The van der Waals surface area contributed by atoms with E-state index in [0.29, 0.717) is 11.3 Å². The number of Topliss-reactive ketones (excluding diaryl/α,β-unsaturated/α-hetero) is 1. The number of benzene rings is 3. The third-order valence-corrected chi connectivity index (χ3v) is 6.42. The van der Waals surface area contributed by atoms with Crippen molar-refractivity contribution in [1.29, 1.82) is 0 Å². The molecule has 1 fully saturated rings. The zero-order chi connectivity index (χ0) is 25.6. The third kappa shape index (κ3) is 3.67. The van der Waals surface area contributed by atoms with E-state index >= 15 is 0 Å². The Labute approximate surface area is 207 Å². The summed E-state index contributed by atoms with van der Waals surface area (Å²) in [7, 11) is 5.19. The number of H-pyrrole nitrogens is 1. The molecule has 1 amide bonds. The number of aliphatic hydroxyl groups excluding tert-OH is 1. The van der Waals surface area contributed by atoms with E-state index in [-0.39, 0.29) is 16.9 Å². The number of hydrogen-bond donors (Lipinski definition) is 2. The van der Waals surface area contributed by atoms with Crippen molar-refractivity contribution >= 4 is 39.7 Å². The SMILES string of the molecule is COc1ccc(F)cc1/C(O)=C1\C(=O)C(=O)N(c2ccc(N(C)C)cc2)C1c1c[nH]c2ccccc12. The topological polar surface area (TPSA) is 85.9 Å². The number of methoxy groups -OCH3 is 1. The van der Waals surface area contributed by atoms with Crippen molar-refractivity contribution in [2.45, 2.75) is 6.04 Å². The first-order valence-corrected chi connectivity index (χ1v) is 11.3. The van der Waals surface area contributed by atoms with E-state index in [1.165, 1.54) is 24.1 Å². The number of aliphatic hydroxyl groups is 1. The third-order valence-electron chi connectivity index (χ3n) is 6.42. The van der Waals surface area contributed by atoms with Crippen LogP contribution in [-0.2, 0) is 9.59 Å². The van der Waals surface area contributed by atoms with Gasteiger partial charge in [0, 0.05) is 48.1 Å². The van der Waals surface area contributed by atoms with Gasteiger partial charge in [0.1, 0.15) is 17.3 Å². The molecule has 0 saturated carbocycles. The van der Waals surface area contributed by atoms with Crippen molar-refractivity contribution in [3.63, 3.8) is 0 Å². The molecule has 36 heavy (non-hydrogen) atoms. The van der Waals surface area contributed by atoms with E-state index < -0.39 is 29.3 Å². The van der Waals surface area contributed by atoms with E-state index in [4.69, 9.17) is 4.74 Å². The summed E-state index contributed by atoms with van der Waals surface area (Å²) in [5, 5.41) is 12.2. The van der Waals surface area contributed by atoms with Crippen molar-refractivity contribution in [2.75, 3.05) is 31.0 Å². The summed E-state index contributed by atoms with van der Waals surface area (Å²) < 4.78 is 19.5. The number of carbonyl (C=O) groups excluding carboxylic acids is 2. The lowest BCUT2D eigenvalue weighted by Crippen LogP contribution is -2.29. The number of ketones is 1. The fourth-order valence-corrected chi connectivity index (χ4v) is 4.63. The van der Waals surface area contributed by atoms with E-state index in [2.05, 4.69) is 4.98 Å². The summed E-state index contributed by atoms with van der Waals surface area (Å²) in [6.07, 6.45) is 1.72. The highest BCUT2D eigenvalue weighted by Crippen LogP contribution is 2.45. The molecular weight excluding hydrogens is 461 g/mol. The summed E-state index contributed by atoms with van der Waals surface area (Å²) >= 11 is 0. The molecule has 1 aromatic heterocycles. The summed E-state index contributed by atoms with van der Waals surface area (Å²) in [6, 6.07) is 17.4. The lowest BCUT2D eigenvalue weighted by molar-refractivity contribution is -0.132. The number of nitrogens with one attached hydrogen (secondary N) is 1. The van der Waals surface area contributed by atoms with Crippen molar-refractivity contribution in [3.8, 4) is 5.75 Å². The average molecular weight is 486 g/mol. The molecule has 3 aromatic carbocycles. The first kappa shape index (κ1) is 23.2. The molecule has 2 N–H and O–H groups in total. The first-order valence-electron chi connectivity index (χ1n) is 11.3. The quantitative estimate of drug-likeness (QED) is 0.236. The van der Waals surface area contributed by atoms with Crippen LogP contribution >= 0.6 is 0 Å². The van der Waals surface area contributed by atoms with Crippen molar-refractivity contribution in [1.82, 2.24) is 4.98 Å². The number of aromatic amines is 1. The second-order valence-electron chi connectivity index (χ2n) is 8.71. The highest BCUT2D eigenvalue weighted by molar-refractivity contribution is 6.52. The van der Waals surface area contributed by atoms with Gasteiger partial charge in [-0.2, -0.15) is 0 Å². The minimum absolute atomic E-state index is 0.0108. The fourth-order valence-electron chi connectivity index (χ4n) is 4.63. The maximum atomic E-state index is 14.2. The lowest BCUT2D eigenvalue weighted by Gasteiger charge is -2.25. The molecular formula is C28H24FN3O4. The normalized spacial score (nSPS) is 17.1. The van der Waals surface area contributed by atoms with Crippen LogP contribution in [0.1, 0.15) is 17.2 Å². The molecule has 0 radical (unpaired) electrons. The van der Waals surface area contributed by atoms with Crippen LogP contribution in [-0.4, -0.2) is 43.0 Å². The Hall–Kier alpha value is -4.59. The molecule has 2 heterocycles. The first-order chi connectivity index (χ1) is 17.3. The second kappa shape index (κ2) is 8.88. The number of hydrogen-bond acceptors (Lipinski definition) is 5. The minimum Gasteiger partial charge on any atom is -0.507 e. The van der Waals surface area contributed by atoms with Gasteiger partial charge in [-0.25, -0.2) is 4.39 Å². The van der Waals surface area contributed by atoms with Crippen LogP contribution in [0.2, 0.25) is 0 Å². The zero-order valence-corrected chi connectivity index (χ0v) is 19.9. The van der Waals surface area contributed by atoms with Gasteiger partial charge in [-0.15, -0.1) is 0 Å². The van der Waals surface area contributed by atoms with Crippen LogP contribution in [0.4, 0.5) is 15.8 Å². The highest BCUT2D eigenvalue weighted by Gasteiger charge is 2.48. The van der Waals surface area contributed by atoms with Crippen LogP contribution in [0.25, 0.3) is 16.7 Å². The second-order valence-corrected chi connectivity index (χ2v) is 8.71. The number of ether oxygens (including phenoxy) is 1. The predicted molar refractivity (Wildman–Crippen MR) is 137 cm³/mol. The van der Waals surface area contributed by atoms with Gasteiger partial charge in [-0.05, 0) is 48.5 Å². The molecule has 1 aliphatic rings. The van der Waals surface area contributed by atoms with Crippen LogP contribution in [0.3, 0.4) is 0 Å². The Balaban J connectivity index is 1.77. The van der Waals surface area contributed by atoms with E-state index in [1.54, 1.807) is 18.3 Å². The zero-order valence-electron chi connectivity index (χ0n) is 19.9. The van der Waals surface area contributed by atoms with Crippen LogP contribution in [0, 0.1) is 5.82 Å². The van der Waals surface area contributed by atoms with Crippen LogP contribution in [0.5, 0.6) is 5.75 Å². The number of anilines is 2. The summed E-state index contributed by atoms with van der Waals surface area (Å²) in [4.78, 5) is 33.4. The molecule has 1 aliphatic heterocycles. The van der Waals surface area contributed by atoms with Crippen molar-refractivity contribution in [2.24, 2.45) is 0 Å². The van der Waals surface area contributed by atoms with Gasteiger partial charge in [0.05, 0.1) is 24.3 Å². The minimum atomic E-state index is -0.959. The van der Waals surface area contributed by atoms with E-state index in [9.17, 15) is 19.1 Å². The smallest absolute Gasteiger partial charge is 0.300 e. The molecule has 0 bridgehead atoms. The molecule has 0 spiro atoms. The number of halogens is 1. The summed E-state index contributed by atoms with van der Waals surface area (Å²) in [6.45, 7) is 0. The molecule has 5 rings (SSSR count). The summed E-state index contributed by atoms with van der Waals surface area (Å²) in [5.74, 6) is -2.61. The molecule has 1 saturated heterocycles. The maximum absolute atomic E-state index is 14.2. The predicted octanol–water partition coefficient (Wildman–Crippen LogP) is 5.01. The number of carbonyl (C=O) groups is 2.